The molecule has 0 aromatic heterocycles. The average molecular weight is 272 g/mol. The maximum atomic E-state index is 10.1. The maximum Gasteiger partial charge on any atom is 0.317 e. The fourth-order valence-corrected chi connectivity index (χ4v) is 1.28. The summed E-state index contributed by atoms with van der Waals surface area (Å²) in [6.45, 7) is 2.96. The second-order valence-corrected chi connectivity index (χ2v) is 4.03. The van der Waals surface area contributed by atoms with E-state index < -0.39 is 5.97 Å². The van der Waals surface area contributed by atoms with Crippen LogP contribution in [0.5, 0.6) is 0 Å². The van der Waals surface area contributed by atoms with Crippen molar-refractivity contribution in [2.75, 3.05) is 13.1 Å². The van der Waals surface area contributed by atoms with Gasteiger partial charge in [0.05, 0.1) is 6.54 Å². The number of hydrogen-bond donors (Lipinski definition) is 2. The standard InChI is InChI=1S/C7H5ClO.C6H13NO2/c8-7-3-1-2-6(4-7)5-9;1-2-3-4-7-5-6(8)9/h1-5H;7H,2-5H2,1H3,(H,8,9). The molecule has 0 saturated carbocycles. The van der Waals surface area contributed by atoms with Crippen LogP contribution >= 0.6 is 11.6 Å². The fraction of sp³-hybridized carbons (Fsp3) is 0.385. The van der Waals surface area contributed by atoms with E-state index in [-0.39, 0.29) is 6.54 Å². The smallest absolute Gasteiger partial charge is 0.317 e. The Bertz CT molecular complexity index is 369. The number of hydrogen-bond acceptors (Lipinski definition) is 3. The van der Waals surface area contributed by atoms with Crippen LogP contribution in [0, 0.1) is 0 Å². The summed E-state index contributed by atoms with van der Waals surface area (Å²) >= 11 is 5.56. The molecule has 1 aromatic rings. The van der Waals surface area contributed by atoms with Gasteiger partial charge in [-0.25, -0.2) is 0 Å². The quantitative estimate of drug-likeness (QED) is 0.617. The molecule has 0 amide bonds. The SMILES string of the molecule is CCCCNCC(=O)O.O=Cc1cccc(Cl)c1. The van der Waals surface area contributed by atoms with E-state index in [9.17, 15) is 9.59 Å². The van der Waals surface area contributed by atoms with Gasteiger partial charge in [-0.1, -0.05) is 37.1 Å². The van der Waals surface area contributed by atoms with E-state index in [1.54, 1.807) is 24.3 Å². The number of aliphatic carboxylic acids is 1. The largest absolute Gasteiger partial charge is 0.480 e. The number of carboxylic acid groups (broad SMARTS) is 1. The van der Waals surface area contributed by atoms with Gasteiger partial charge in [0.1, 0.15) is 6.29 Å². The second kappa shape index (κ2) is 10.7. The number of halogens is 1. The third-order valence-electron chi connectivity index (χ3n) is 1.97. The number of rotatable bonds is 6. The van der Waals surface area contributed by atoms with E-state index in [1.165, 1.54) is 0 Å². The molecular weight excluding hydrogens is 254 g/mol. The zero-order valence-electron chi connectivity index (χ0n) is 10.4. The lowest BCUT2D eigenvalue weighted by Crippen LogP contribution is -2.23. The van der Waals surface area contributed by atoms with Crippen molar-refractivity contribution in [2.45, 2.75) is 19.8 Å². The lowest BCUT2D eigenvalue weighted by atomic mass is 10.2. The molecule has 0 radical (unpaired) electrons. The normalized spacial score (nSPS) is 9.22. The van der Waals surface area contributed by atoms with E-state index in [2.05, 4.69) is 12.2 Å². The summed E-state index contributed by atoms with van der Waals surface area (Å²) < 4.78 is 0. The number of unbranched alkanes of at least 4 members (excludes halogenated alkanes) is 1. The van der Waals surface area contributed by atoms with Crippen molar-refractivity contribution in [3.8, 4) is 0 Å². The first-order valence-corrected chi connectivity index (χ1v) is 6.11. The zero-order valence-corrected chi connectivity index (χ0v) is 11.1. The summed E-state index contributed by atoms with van der Waals surface area (Å²) in [7, 11) is 0. The van der Waals surface area contributed by atoms with Gasteiger partial charge in [-0.3, -0.25) is 9.59 Å². The van der Waals surface area contributed by atoms with Gasteiger partial charge in [0, 0.05) is 10.6 Å². The first-order valence-electron chi connectivity index (χ1n) is 5.73. The second-order valence-electron chi connectivity index (χ2n) is 3.60. The van der Waals surface area contributed by atoms with Crippen molar-refractivity contribution in [2.24, 2.45) is 0 Å². The van der Waals surface area contributed by atoms with Gasteiger partial charge in [0.15, 0.2) is 0 Å². The van der Waals surface area contributed by atoms with E-state index in [0.29, 0.717) is 10.6 Å². The van der Waals surface area contributed by atoms with Gasteiger partial charge in [0.25, 0.3) is 0 Å². The van der Waals surface area contributed by atoms with Crippen molar-refractivity contribution >= 4 is 23.9 Å². The van der Waals surface area contributed by atoms with Crippen LogP contribution in [0.2, 0.25) is 5.02 Å². The molecule has 0 aliphatic carbocycles. The molecule has 0 saturated heterocycles. The minimum Gasteiger partial charge on any atom is -0.480 e. The first-order chi connectivity index (χ1) is 8.60. The predicted octanol–water partition coefficient (Wildman–Crippen LogP) is 2.61. The highest BCUT2D eigenvalue weighted by Gasteiger charge is 1.92. The number of aldehydes is 1. The Morgan fingerprint density at radius 1 is 1.50 bits per heavy atom. The lowest BCUT2D eigenvalue weighted by molar-refractivity contribution is -0.135. The van der Waals surface area contributed by atoms with Crippen LogP contribution in [0.1, 0.15) is 30.1 Å². The molecule has 0 atom stereocenters. The lowest BCUT2D eigenvalue weighted by Gasteiger charge is -1.96. The topological polar surface area (TPSA) is 66.4 Å². The average Bonchev–Trinajstić information content (AvgIpc) is 2.35. The Balaban J connectivity index is 0.000000321. The molecule has 5 heteroatoms. The van der Waals surface area contributed by atoms with Gasteiger partial charge in [-0.05, 0) is 25.1 Å². The molecule has 18 heavy (non-hydrogen) atoms. The molecular formula is C13H18ClNO3. The highest BCUT2D eigenvalue weighted by molar-refractivity contribution is 6.30. The molecule has 0 aliphatic rings. The third-order valence-corrected chi connectivity index (χ3v) is 2.20. The summed E-state index contributed by atoms with van der Waals surface area (Å²) in [5.74, 6) is -0.786. The van der Waals surface area contributed by atoms with Crippen LogP contribution in [0.3, 0.4) is 0 Å². The van der Waals surface area contributed by atoms with Crippen LogP contribution < -0.4 is 5.32 Å². The molecule has 0 unspecified atom stereocenters. The molecule has 0 fully saturated rings. The van der Waals surface area contributed by atoms with Gasteiger partial charge < -0.3 is 10.4 Å². The Hall–Kier alpha value is -1.39. The first kappa shape index (κ1) is 16.6. The summed E-state index contributed by atoms with van der Waals surface area (Å²) in [4.78, 5) is 20.0. The number of benzene rings is 1. The summed E-state index contributed by atoms with van der Waals surface area (Å²) in [5, 5.41) is 11.5. The van der Waals surface area contributed by atoms with Gasteiger partial charge in [0.2, 0.25) is 0 Å². The van der Waals surface area contributed by atoms with Crippen molar-refractivity contribution < 1.29 is 14.7 Å². The number of carbonyl (C=O) groups excluding carboxylic acids is 1. The van der Waals surface area contributed by atoms with Crippen molar-refractivity contribution in [3.63, 3.8) is 0 Å². The highest BCUT2D eigenvalue weighted by Crippen LogP contribution is 2.08. The number of carbonyl (C=O) groups is 2. The van der Waals surface area contributed by atoms with E-state index in [4.69, 9.17) is 16.7 Å². The van der Waals surface area contributed by atoms with E-state index in [1.807, 2.05) is 0 Å². The van der Waals surface area contributed by atoms with Crippen LogP contribution in [-0.2, 0) is 4.79 Å². The minimum absolute atomic E-state index is 0.0833. The Morgan fingerprint density at radius 2 is 2.22 bits per heavy atom. The molecule has 1 aromatic carbocycles. The number of carboxylic acids is 1. The predicted molar refractivity (Wildman–Crippen MR) is 72.3 cm³/mol. The van der Waals surface area contributed by atoms with Crippen molar-refractivity contribution in [3.05, 3.63) is 34.9 Å². The van der Waals surface area contributed by atoms with Gasteiger partial charge >= 0.3 is 5.97 Å². The van der Waals surface area contributed by atoms with E-state index >= 15 is 0 Å². The third kappa shape index (κ3) is 9.81. The summed E-state index contributed by atoms with van der Waals surface area (Å²) in [6, 6.07) is 6.80. The number of nitrogens with one attached hydrogen (secondary N) is 1. The molecule has 100 valence electrons. The Labute approximate surface area is 112 Å². The molecule has 0 aliphatic heterocycles. The Kier molecular flexibility index (Phi) is 9.91. The molecule has 0 spiro atoms. The zero-order chi connectivity index (χ0) is 13.8. The van der Waals surface area contributed by atoms with E-state index in [0.717, 1.165) is 25.7 Å². The van der Waals surface area contributed by atoms with Crippen LogP contribution in [-0.4, -0.2) is 30.5 Å². The maximum absolute atomic E-state index is 10.1. The van der Waals surface area contributed by atoms with Gasteiger partial charge in [-0.2, -0.15) is 0 Å². The molecule has 1 rings (SSSR count). The van der Waals surface area contributed by atoms with Crippen molar-refractivity contribution in [1.82, 2.24) is 5.32 Å². The monoisotopic (exact) mass is 271 g/mol. The highest BCUT2D eigenvalue weighted by atomic mass is 35.5. The van der Waals surface area contributed by atoms with Gasteiger partial charge in [-0.15, -0.1) is 0 Å². The molecule has 0 bridgehead atoms. The summed E-state index contributed by atoms with van der Waals surface area (Å²) in [6.07, 6.45) is 2.92. The Morgan fingerprint density at radius 3 is 2.67 bits per heavy atom. The van der Waals surface area contributed by atoms with Crippen LogP contribution in [0.15, 0.2) is 24.3 Å². The van der Waals surface area contributed by atoms with Crippen LogP contribution in [0.25, 0.3) is 0 Å². The van der Waals surface area contributed by atoms with Crippen LogP contribution in [0.4, 0.5) is 0 Å². The molecule has 4 nitrogen and oxygen atoms in total. The molecule has 0 heterocycles. The molecule has 2 N–H and O–H groups in total. The minimum atomic E-state index is -0.786. The fourth-order valence-electron chi connectivity index (χ4n) is 1.08. The van der Waals surface area contributed by atoms with Crippen molar-refractivity contribution in [1.29, 1.82) is 0 Å². The summed E-state index contributed by atoms with van der Waals surface area (Å²) in [5.41, 5.74) is 0.613.